The van der Waals surface area contributed by atoms with E-state index >= 15 is 0 Å². The van der Waals surface area contributed by atoms with Gasteiger partial charge in [0.15, 0.2) is 0 Å². The molecule has 1 nitrogen and oxygen atoms in total. The van der Waals surface area contributed by atoms with Crippen molar-refractivity contribution >= 4 is 23.2 Å². The van der Waals surface area contributed by atoms with Crippen LogP contribution in [0.3, 0.4) is 0 Å². The third-order valence-corrected chi connectivity index (χ3v) is 1.81. The Morgan fingerprint density at radius 3 is 2.85 bits per heavy atom. The number of halogens is 2. The predicted molar refractivity (Wildman–Crippen MR) is 56.8 cm³/mol. The summed E-state index contributed by atoms with van der Waals surface area (Å²) in [6, 6.07) is 7.29. The van der Waals surface area contributed by atoms with Crippen LogP contribution in [0, 0.1) is 0 Å². The van der Waals surface area contributed by atoms with Crippen molar-refractivity contribution in [1.82, 2.24) is 0 Å². The molecule has 0 saturated heterocycles. The van der Waals surface area contributed by atoms with E-state index < -0.39 is 0 Å². The number of alkyl halides is 1. The number of rotatable bonds is 4. The van der Waals surface area contributed by atoms with Crippen LogP contribution in [0.15, 0.2) is 36.4 Å². The molecule has 0 aliphatic carbocycles. The van der Waals surface area contributed by atoms with Gasteiger partial charge in [0.05, 0.1) is 0 Å². The third kappa shape index (κ3) is 4.20. The van der Waals surface area contributed by atoms with Crippen LogP contribution in [-0.2, 0) is 0 Å². The molecule has 0 fully saturated rings. The summed E-state index contributed by atoms with van der Waals surface area (Å²) in [5, 5.41) is 0.679. The smallest absolute Gasteiger partial charge is 0.121 e. The maximum Gasteiger partial charge on any atom is 0.121 e. The fraction of sp³-hybridized carbons (Fsp3) is 0.200. The van der Waals surface area contributed by atoms with Gasteiger partial charge in [0.1, 0.15) is 12.4 Å². The molecule has 0 atom stereocenters. The second-order valence-corrected chi connectivity index (χ2v) is 3.14. The van der Waals surface area contributed by atoms with E-state index in [1.54, 1.807) is 6.07 Å². The van der Waals surface area contributed by atoms with Crippen LogP contribution < -0.4 is 4.74 Å². The molecule has 0 amide bonds. The molecule has 1 aromatic rings. The molecule has 0 aromatic heterocycles. The van der Waals surface area contributed by atoms with E-state index in [0.29, 0.717) is 17.5 Å². The number of hydrogen-bond donors (Lipinski definition) is 0. The number of benzene rings is 1. The van der Waals surface area contributed by atoms with Crippen molar-refractivity contribution in [3.63, 3.8) is 0 Å². The summed E-state index contributed by atoms with van der Waals surface area (Å²) < 4.78 is 5.36. The monoisotopic (exact) mass is 216 g/mol. The molecular formula is C10H10Cl2O. The standard InChI is InChI=1S/C10H10Cl2O/c11-6-1-2-7-13-10-5-3-4-9(12)8-10/h1-5,8H,6-7H2. The molecule has 1 aromatic carbocycles. The summed E-state index contributed by atoms with van der Waals surface area (Å²) in [6.45, 7) is 0.521. The third-order valence-electron chi connectivity index (χ3n) is 1.40. The first-order valence-corrected chi connectivity index (χ1v) is 4.83. The topological polar surface area (TPSA) is 9.23 Å². The van der Waals surface area contributed by atoms with E-state index in [4.69, 9.17) is 27.9 Å². The molecule has 0 N–H and O–H groups in total. The Labute approximate surface area is 87.9 Å². The van der Waals surface area contributed by atoms with Gasteiger partial charge in [0.2, 0.25) is 0 Å². The summed E-state index contributed by atoms with van der Waals surface area (Å²) in [5.74, 6) is 1.28. The number of allylic oxidation sites excluding steroid dienone is 1. The largest absolute Gasteiger partial charge is 0.489 e. The van der Waals surface area contributed by atoms with Gasteiger partial charge in [-0.2, -0.15) is 0 Å². The molecule has 0 spiro atoms. The minimum atomic E-state index is 0.513. The van der Waals surface area contributed by atoms with E-state index in [1.807, 2.05) is 30.4 Å². The van der Waals surface area contributed by atoms with Gasteiger partial charge in [-0.05, 0) is 18.2 Å². The highest BCUT2D eigenvalue weighted by Gasteiger charge is 1.91. The van der Waals surface area contributed by atoms with Gasteiger partial charge >= 0.3 is 0 Å². The molecular weight excluding hydrogens is 207 g/mol. The fourth-order valence-electron chi connectivity index (χ4n) is 0.832. The number of ether oxygens (including phenoxy) is 1. The van der Waals surface area contributed by atoms with Gasteiger partial charge in [-0.1, -0.05) is 29.8 Å². The minimum Gasteiger partial charge on any atom is -0.489 e. The Morgan fingerprint density at radius 1 is 1.31 bits per heavy atom. The average Bonchev–Trinajstić information content (AvgIpc) is 2.13. The summed E-state index contributed by atoms with van der Waals surface area (Å²) in [7, 11) is 0. The van der Waals surface area contributed by atoms with Gasteiger partial charge in [0.25, 0.3) is 0 Å². The van der Waals surface area contributed by atoms with Crippen molar-refractivity contribution < 1.29 is 4.74 Å². The van der Waals surface area contributed by atoms with Crippen molar-refractivity contribution in [2.45, 2.75) is 0 Å². The highest BCUT2D eigenvalue weighted by atomic mass is 35.5. The zero-order valence-corrected chi connectivity index (χ0v) is 8.55. The molecule has 0 radical (unpaired) electrons. The van der Waals surface area contributed by atoms with Crippen LogP contribution >= 0.6 is 23.2 Å². The van der Waals surface area contributed by atoms with Crippen molar-refractivity contribution in [3.8, 4) is 5.75 Å². The molecule has 13 heavy (non-hydrogen) atoms. The predicted octanol–water partition coefficient (Wildman–Crippen LogP) is 3.51. The van der Waals surface area contributed by atoms with Crippen LogP contribution in [0.4, 0.5) is 0 Å². The second kappa shape index (κ2) is 5.90. The van der Waals surface area contributed by atoms with E-state index in [1.165, 1.54) is 0 Å². The zero-order chi connectivity index (χ0) is 9.52. The van der Waals surface area contributed by atoms with E-state index in [-0.39, 0.29) is 0 Å². The van der Waals surface area contributed by atoms with Crippen LogP contribution in [0.5, 0.6) is 5.75 Å². The van der Waals surface area contributed by atoms with Crippen LogP contribution in [-0.4, -0.2) is 12.5 Å². The summed E-state index contributed by atoms with van der Waals surface area (Å²) in [4.78, 5) is 0. The first kappa shape index (κ1) is 10.4. The highest BCUT2D eigenvalue weighted by Crippen LogP contribution is 2.16. The molecule has 70 valence electrons. The Bertz CT molecular complexity index is 284. The first-order chi connectivity index (χ1) is 6.33. The lowest BCUT2D eigenvalue weighted by atomic mass is 10.3. The molecule has 0 unspecified atom stereocenters. The van der Waals surface area contributed by atoms with E-state index in [9.17, 15) is 0 Å². The molecule has 0 aliphatic heterocycles. The lowest BCUT2D eigenvalue weighted by molar-refractivity contribution is 0.363. The Balaban J connectivity index is 2.41. The summed E-state index contributed by atoms with van der Waals surface area (Å²) in [5.41, 5.74) is 0. The van der Waals surface area contributed by atoms with Gasteiger partial charge in [-0.3, -0.25) is 0 Å². The maximum atomic E-state index is 5.77. The normalized spacial score (nSPS) is 10.6. The van der Waals surface area contributed by atoms with Crippen molar-refractivity contribution in [2.75, 3.05) is 12.5 Å². The lowest BCUT2D eigenvalue weighted by Gasteiger charge is -2.02. The quantitative estimate of drug-likeness (QED) is 0.553. The molecule has 0 bridgehead atoms. The highest BCUT2D eigenvalue weighted by molar-refractivity contribution is 6.30. The SMILES string of the molecule is ClCC=CCOc1cccc(Cl)c1. The van der Waals surface area contributed by atoms with Crippen molar-refractivity contribution in [3.05, 3.63) is 41.4 Å². The molecule has 1 rings (SSSR count). The Hall–Kier alpha value is -0.660. The summed E-state index contributed by atoms with van der Waals surface area (Å²) in [6.07, 6.45) is 3.71. The number of hydrogen-bond acceptors (Lipinski definition) is 1. The van der Waals surface area contributed by atoms with Gasteiger partial charge in [-0.15, -0.1) is 11.6 Å². The molecule has 3 heteroatoms. The maximum absolute atomic E-state index is 5.77. The van der Waals surface area contributed by atoms with Crippen LogP contribution in [0.2, 0.25) is 5.02 Å². The van der Waals surface area contributed by atoms with Crippen molar-refractivity contribution in [2.24, 2.45) is 0 Å². The molecule has 0 aliphatic rings. The summed E-state index contributed by atoms with van der Waals surface area (Å²) >= 11 is 11.2. The van der Waals surface area contributed by atoms with Gasteiger partial charge in [0, 0.05) is 10.9 Å². The Kier molecular flexibility index (Phi) is 4.73. The fourth-order valence-corrected chi connectivity index (χ4v) is 1.14. The zero-order valence-electron chi connectivity index (χ0n) is 7.04. The molecule has 0 saturated carbocycles. The van der Waals surface area contributed by atoms with Crippen LogP contribution in [0.25, 0.3) is 0 Å². The molecule has 0 heterocycles. The van der Waals surface area contributed by atoms with E-state index in [2.05, 4.69) is 0 Å². The Morgan fingerprint density at radius 2 is 2.15 bits per heavy atom. The van der Waals surface area contributed by atoms with E-state index in [0.717, 1.165) is 5.75 Å². The van der Waals surface area contributed by atoms with Crippen LogP contribution in [0.1, 0.15) is 0 Å². The van der Waals surface area contributed by atoms with Gasteiger partial charge < -0.3 is 4.74 Å². The first-order valence-electron chi connectivity index (χ1n) is 3.92. The van der Waals surface area contributed by atoms with Crippen molar-refractivity contribution in [1.29, 1.82) is 0 Å². The average molecular weight is 217 g/mol. The lowest BCUT2D eigenvalue weighted by Crippen LogP contribution is -1.92. The second-order valence-electron chi connectivity index (χ2n) is 2.39. The van der Waals surface area contributed by atoms with Gasteiger partial charge in [-0.25, -0.2) is 0 Å². The minimum absolute atomic E-state index is 0.513.